The summed E-state index contributed by atoms with van der Waals surface area (Å²) in [4.78, 5) is 16.7. The summed E-state index contributed by atoms with van der Waals surface area (Å²) in [7, 11) is 0. The van der Waals surface area contributed by atoms with Crippen LogP contribution in [0.1, 0.15) is 23.2 Å². The molecule has 0 aromatic heterocycles. The summed E-state index contributed by atoms with van der Waals surface area (Å²) in [5, 5.41) is 0. The van der Waals surface area contributed by atoms with E-state index >= 15 is 0 Å². The highest BCUT2D eigenvalue weighted by atomic mass is 19.1. The number of hydrazine groups is 1. The fourth-order valence-corrected chi connectivity index (χ4v) is 2.82. The van der Waals surface area contributed by atoms with Gasteiger partial charge in [-0.3, -0.25) is 15.5 Å². The first kappa shape index (κ1) is 14.3. The fraction of sp³-hybridized carbons (Fsp3) is 0.533. The van der Waals surface area contributed by atoms with Crippen LogP contribution in [0.4, 0.5) is 10.1 Å². The lowest BCUT2D eigenvalue weighted by atomic mass is 10.1. The molecule has 0 spiro atoms. The zero-order chi connectivity index (χ0) is 14.8. The molecular weight excluding hydrogens is 271 g/mol. The molecule has 1 aliphatic heterocycles. The summed E-state index contributed by atoms with van der Waals surface area (Å²) in [6, 6.07) is 4.43. The van der Waals surface area contributed by atoms with E-state index in [0.29, 0.717) is 18.7 Å². The van der Waals surface area contributed by atoms with E-state index < -0.39 is 5.82 Å². The maximum Gasteiger partial charge on any atom is 0.256 e. The average molecular weight is 292 g/mol. The number of anilines is 1. The molecule has 0 radical (unpaired) electrons. The van der Waals surface area contributed by atoms with Gasteiger partial charge in [0.1, 0.15) is 5.82 Å². The Hall–Kier alpha value is -1.66. The smallest absolute Gasteiger partial charge is 0.256 e. The topological polar surface area (TPSA) is 61.6 Å². The third kappa shape index (κ3) is 3.16. The number of rotatable bonds is 4. The highest BCUT2D eigenvalue weighted by Gasteiger charge is 2.28. The number of piperazine rings is 1. The fourth-order valence-electron chi connectivity index (χ4n) is 2.82. The van der Waals surface area contributed by atoms with Crippen molar-refractivity contribution in [2.45, 2.75) is 12.8 Å². The first-order valence-corrected chi connectivity index (χ1v) is 7.46. The van der Waals surface area contributed by atoms with Gasteiger partial charge < -0.3 is 10.3 Å². The van der Waals surface area contributed by atoms with Crippen LogP contribution in [-0.4, -0.2) is 48.4 Å². The van der Waals surface area contributed by atoms with Gasteiger partial charge in [-0.15, -0.1) is 0 Å². The second-order valence-corrected chi connectivity index (χ2v) is 5.84. The van der Waals surface area contributed by atoms with Crippen molar-refractivity contribution in [2.75, 3.05) is 38.1 Å². The Morgan fingerprint density at radius 2 is 2.00 bits per heavy atom. The Labute approximate surface area is 123 Å². The van der Waals surface area contributed by atoms with Crippen molar-refractivity contribution < 1.29 is 9.18 Å². The third-order valence-corrected chi connectivity index (χ3v) is 4.26. The van der Waals surface area contributed by atoms with Crippen LogP contribution in [0.3, 0.4) is 0 Å². The molecule has 1 amide bonds. The molecule has 6 heteroatoms. The van der Waals surface area contributed by atoms with Crippen LogP contribution in [0.2, 0.25) is 0 Å². The summed E-state index contributed by atoms with van der Waals surface area (Å²) in [6.07, 6.45) is 2.68. The molecule has 1 saturated heterocycles. The van der Waals surface area contributed by atoms with Crippen LogP contribution in [0, 0.1) is 11.7 Å². The van der Waals surface area contributed by atoms with Crippen molar-refractivity contribution in [3.05, 3.63) is 29.6 Å². The van der Waals surface area contributed by atoms with E-state index in [9.17, 15) is 9.18 Å². The lowest BCUT2D eigenvalue weighted by molar-refractivity contribution is 0.0632. The molecular formula is C15H21FN4O. The minimum absolute atomic E-state index is 0.0721. The van der Waals surface area contributed by atoms with Gasteiger partial charge in [0.2, 0.25) is 0 Å². The zero-order valence-electron chi connectivity index (χ0n) is 12.0. The second kappa shape index (κ2) is 5.99. The van der Waals surface area contributed by atoms with Gasteiger partial charge in [-0.2, -0.15) is 0 Å². The van der Waals surface area contributed by atoms with Gasteiger partial charge in [-0.25, -0.2) is 4.39 Å². The van der Waals surface area contributed by atoms with E-state index in [1.54, 1.807) is 11.0 Å². The van der Waals surface area contributed by atoms with E-state index in [0.717, 1.165) is 25.6 Å². The highest BCUT2D eigenvalue weighted by molar-refractivity contribution is 5.99. The molecule has 5 nitrogen and oxygen atoms in total. The van der Waals surface area contributed by atoms with E-state index in [1.165, 1.54) is 25.0 Å². The summed E-state index contributed by atoms with van der Waals surface area (Å²) in [5.41, 5.74) is 2.67. The van der Waals surface area contributed by atoms with Gasteiger partial charge >= 0.3 is 0 Å². The number of nitrogens with two attached hydrogens (primary N) is 1. The normalized spacial score (nSPS) is 19.6. The van der Waals surface area contributed by atoms with Crippen LogP contribution < -0.4 is 11.3 Å². The molecule has 2 fully saturated rings. The Morgan fingerprint density at radius 1 is 1.29 bits per heavy atom. The number of carbonyl (C=O) groups is 1. The molecule has 3 rings (SSSR count). The van der Waals surface area contributed by atoms with Crippen LogP contribution in [-0.2, 0) is 0 Å². The molecule has 0 bridgehead atoms. The van der Waals surface area contributed by atoms with Crippen molar-refractivity contribution in [3.63, 3.8) is 0 Å². The molecule has 3 N–H and O–H groups in total. The van der Waals surface area contributed by atoms with E-state index in [-0.39, 0.29) is 11.6 Å². The van der Waals surface area contributed by atoms with Gasteiger partial charge in [0.25, 0.3) is 5.91 Å². The summed E-state index contributed by atoms with van der Waals surface area (Å²) in [6.45, 7) is 4.31. The number of halogens is 1. The summed E-state index contributed by atoms with van der Waals surface area (Å²) in [5.74, 6) is 5.54. The molecule has 0 unspecified atom stereocenters. The molecule has 21 heavy (non-hydrogen) atoms. The van der Waals surface area contributed by atoms with Gasteiger partial charge in [-0.05, 0) is 30.9 Å². The number of benzene rings is 1. The number of nitrogens with zero attached hydrogens (tertiary/aromatic N) is 2. The standard InChI is InChI=1S/C15H21FN4O/c16-13-3-1-2-12(14(13)18-17)15(21)20-8-6-19(7-9-20)10-11-4-5-11/h1-3,11,18H,4-10,17H2. The molecule has 0 atom stereocenters. The summed E-state index contributed by atoms with van der Waals surface area (Å²) >= 11 is 0. The third-order valence-electron chi connectivity index (χ3n) is 4.26. The number of hydrogen-bond donors (Lipinski definition) is 2. The molecule has 2 aliphatic rings. The molecule has 1 aliphatic carbocycles. The second-order valence-electron chi connectivity index (χ2n) is 5.84. The predicted octanol–water partition coefficient (Wildman–Crippen LogP) is 1.28. The van der Waals surface area contributed by atoms with Crippen molar-refractivity contribution in [1.29, 1.82) is 0 Å². The first-order chi connectivity index (χ1) is 10.2. The Kier molecular flexibility index (Phi) is 4.07. The van der Waals surface area contributed by atoms with Gasteiger partial charge in [0.05, 0.1) is 11.3 Å². The minimum Gasteiger partial charge on any atom is -0.336 e. The van der Waals surface area contributed by atoms with Crippen LogP contribution >= 0.6 is 0 Å². The quantitative estimate of drug-likeness (QED) is 0.648. The molecule has 1 aromatic carbocycles. The van der Waals surface area contributed by atoms with Crippen molar-refractivity contribution in [3.8, 4) is 0 Å². The summed E-state index contributed by atoms with van der Waals surface area (Å²) < 4.78 is 13.7. The van der Waals surface area contributed by atoms with Crippen molar-refractivity contribution in [1.82, 2.24) is 9.80 Å². The maximum absolute atomic E-state index is 13.7. The first-order valence-electron chi connectivity index (χ1n) is 7.46. The zero-order valence-corrected chi connectivity index (χ0v) is 12.0. The number of amides is 1. The van der Waals surface area contributed by atoms with Crippen LogP contribution in [0.25, 0.3) is 0 Å². The molecule has 1 aromatic rings. The van der Waals surface area contributed by atoms with E-state index in [4.69, 9.17) is 5.84 Å². The lowest BCUT2D eigenvalue weighted by Gasteiger charge is -2.35. The van der Waals surface area contributed by atoms with E-state index in [1.807, 2.05) is 0 Å². The Balaban J connectivity index is 1.64. The maximum atomic E-state index is 13.7. The van der Waals surface area contributed by atoms with Crippen LogP contribution in [0.15, 0.2) is 18.2 Å². The number of carbonyl (C=O) groups excluding carboxylic acids is 1. The number of hydrogen-bond acceptors (Lipinski definition) is 4. The number of para-hydroxylation sites is 1. The Bertz CT molecular complexity index is 524. The monoisotopic (exact) mass is 292 g/mol. The van der Waals surface area contributed by atoms with Gasteiger partial charge in [-0.1, -0.05) is 6.07 Å². The number of nitrogen functional groups attached to an aromatic ring is 1. The minimum atomic E-state index is -0.504. The number of nitrogens with one attached hydrogen (secondary N) is 1. The lowest BCUT2D eigenvalue weighted by Crippen LogP contribution is -2.49. The molecule has 1 heterocycles. The molecule has 1 saturated carbocycles. The van der Waals surface area contributed by atoms with Crippen molar-refractivity contribution >= 4 is 11.6 Å². The molecule has 114 valence electrons. The average Bonchev–Trinajstić information content (AvgIpc) is 3.31. The predicted molar refractivity (Wildman–Crippen MR) is 79.3 cm³/mol. The largest absolute Gasteiger partial charge is 0.336 e. The highest BCUT2D eigenvalue weighted by Crippen LogP contribution is 2.30. The van der Waals surface area contributed by atoms with Crippen molar-refractivity contribution in [2.24, 2.45) is 11.8 Å². The van der Waals surface area contributed by atoms with E-state index in [2.05, 4.69) is 10.3 Å². The Morgan fingerprint density at radius 3 is 2.62 bits per heavy atom. The van der Waals surface area contributed by atoms with Gasteiger partial charge in [0, 0.05) is 32.7 Å². The van der Waals surface area contributed by atoms with Crippen LogP contribution in [0.5, 0.6) is 0 Å². The SMILES string of the molecule is NNc1c(F)cccc1C(=O)N1CCN(CC2CC2)CC1. The van der Waals surface area contributed by atoms with Gasteiger partial charge in [0.15, 0.2) is 0 Å².